The molecule has 1 aromatic carbocycles. The van der Waals surface area contributed by atoms with Crippen LogP contribution >= 0.6 is 0 Å². The van der Waals surface area contributed by atoms with Gasteiger partial charge in [-0.1, -0.05) is 11.6 Å². The second-order valence-electron chi connectivity index (χ2n) is 6.98. The highest BCUT2D eigenvalue weighted by atomic mass is 16.5. The van der Waals surface area contributed by atoms with E-state index in [1.54, 1.807) is 12.2 Å². The number of hydrogen-bond donors (Lipinski definition) is 3. The third-order valence-electron chi connectivity index (χ3n) is 4.54. The number of aromatic hydroxyl groups is 2. The van der Waals surface area contributed by atoms with Crippen LogP contribution in [0.5, 0.6) is 17.2 Å². The zero-order valence-electron chi connectivity index (χ0n) is 14.8. The van der Waals surface area contributed by atoms with Gasteiger partial charge in [-0.15, -0.1) is 0 Å². The van der Waals surface area contributed by atoms with E-state index in [1.807, 2.05) is 20.8 Å². The highest BCUT2D eigenvalue weighted by molar-refractivity contribution is 6.51. The zero-order chi connectivity index (χ0) is 19.2. The van der Waals surface area contributed by atoms with Crippen LogP contribution in [0.2, 0.25) is 0 Å². The van der Waals surface area contributed by atoms with Crippen LogP contribution in [0.15, 0.2) is 23.8 Å². The van der Waals surface area contributed by atoms with Crippen LogP contribution in [0.25, 0.3) is 11.8 Å². The van der Waals surface area contributed by atoms with E-state index in [0.29, 0.717) is 6.42 Å². The normalized spacial score (nSPS) is 20.8. The molecule has 26 heavy (non-hydrogen) atoms. The molecule has 1 aliphatic heterocycles. The SMILES string of the molecule is CC(C)=CCCC1(C)C=Cc2c(O)c3c(c(O)c2O1)C(O)=CC(=O)C3=O. The van der Waals surface area contributed by atoms with E-state index < -0.39 is 40.0 Å². The van der Waals surface area contributed by atoms with Crippen molar-refractivity contribution in [3.05, 3.63) is 40.5 Å². The van der Waals surface area contributed by atoms with Crippen LogP contribution < -0.4 is 4.74 Å². The number of ketones is 2. The van der Waals surface area contributed by atoms with Gasteiger partial charge in [-0.2, -0.15) is 0 Å². The summed E-state index contributed by atoms with van der Waals surface area (Å²) in [6.45, 7) is 5.84. The highest BCUT2D eigenvalue weighted by Crippen LogP contribution is 2.50. The monoisotopic (exact) mass is 356 g/mol. The van der Waals surface area contributed by atoms with Crippen molar-refractivity contribution in [2.24, 2.45) is 0 Å². The minimum atomic E-state index is -0.987. The van der Waals surface area contributed by atoms with E-state index in [9.17, 15) is 24.9 Å². The number of aliphatic hydroxyl groups excluding tert-OH is 1. The number of carbonyl (C=O) groups excluding carboxylic acids is 2. The van der Waals surface area contributed by atoms with Gasteiger partial charge in [-0.3, -0.25) is 9.59 Å². The Labute approximate surface area is 150 Å². The fourth-order valence-corrected chi connectivity index (χ4v) is 3.14. The first-order chi connectivity index (χ1) is 12.1. The number of phenolic OH excluding ortho intramolecular Hbond substituents is 2. The number of hydrogen-bond acceptors (Lipinski definition) is 6. The number of allylic oxidation sites excluding steroid dienone is 3. The standard InChI is InChI=1S/C20H20O6/c1-10(2)5-4-7-20(3)8-6-11-16(23)15-14(18(25)19(11)26-20)12(21)9-13(22)17(15)24/h5-6,8-9,21,23,25H,4,7H2,1-3H3. The van der Waals surface area contributed by atoms with Gasteiger partial charge in [0, 0.05) is 6.08 Å². The summed E-state index contributed by atoms with van der Waals surface area (Å²) in [6.07, 6.45) is 7.48. The van der Waals surface area contributed by atoms with Crippen molar-refractivity contribution >= 4 is 23.4 Å². The summed E-state index contributed by atoms with van der Waals surface area (Å²) in [5.41, 5.74) is -0.135. The van der Waals surface area contributed by atoms with Crippen molar-refractivity contribution < 1.29 is 29.6 Å². The van der Waals surface area contributed by atoms with Gasteiger partial charge in [-0.25, -0.2) is 0 Å². The maximum Gasteiger partial charge on any atom is 0.237 e. The first-order valence-corrected chi connectivity index (χ1v) is 8.28. The fourth-order valence-electron chi connectivity index (χ4n) is 3.14. The molecular formula is C20H20O6. The second-order valence-corrected chi connectivity index (χ2v) is 6.98. The van der Waals surface area contributed by atoms with Crippen molar-refractivity contribution in [3.63, 3.8) is 0 Å². The molecule has 0 saturated carbocycles. The first kappa shape index (κ1) is 17.8. The molecule has 6 heteroatoms. The maximum absolute atomic E-state index is 12.1. The topological polar surface area (TPSA) is 104 Å². The second kappa shape index (κ2) is 6.05. The number of phenols is 2. The predicted molar refractivity (Wildman–Crippen MR) is 96.4 cm³/mol. The lowest BCUT2D eigenvalue weighted by Crippen LogP contribution is -2.32. The van der Waals surface area contributed by atoms with E-state index in [1.165, 1.54) is 5.57 Å². The largest absolute Gasteiger partial charge is 0.507 e. The van der Waals surface area contributed by atoms with Gasteiger partial charge >= 0.3 is 0 Å². The quantitative estimate of drug-likeness (QED) is 0.434. The summed E-state index contributed by atoms with van der Waals surface area (Å²) in [5, 5.41) is 31.1. The molecule has 0 spiro atoms. The first-order valence-electron chi connectivity index (χ1n) is 8.28. The summed E-state index contributed by atoms with van der Waals surface area (Å²) in [6, 6.07) is 0. The summed E-state index contributed by atoms with van der Waals surface area (Å²) >= 11 is 0. The maximum atomic E-state index is 12.1. The summed E-state index contributed by atoms with van der Waals surface area (Å²) in [4.78, 5) is 23.7. The number of rotatable bonds is 3. The molecule has 0 amide bonds. The highest BCUT2D eigenvalue weighted by Gasteiger charge is 2.38. The number of Topliss-reactive ketones (excluding diaryl/α,β-unsaturated/α-hetero) is 1. The summed E-state index contributed by atoms with van der Waals surface area (Å²) < 4.78 is 5.93. The predicted octanol–water partition coefficient (Wildman–Crippen LogP) is 3.67. The van der Waals surface area contributed by atoms with Crippen LogP contribution in [0, 0.1) is 0 Å². The van der Waals surface area contributed by atoms with Crippen LogP contribution in [0.1, 0.15) is 55.1 Å². The van der Waals surface area contributed by atoms with Gasteiger partial charge in [-0.05, 0) is 45.8 Å². The number of ether oxygens (including phenoxy) is 1. The molecule has 0 bridgehead atoms. The lowest BCUT2D eigenvalue weighted by atomic mass is 9.87. The number of benzene rings is 1. The third-order valence-corrected chi connectivity index (χ3v) is 4.54. The van der Waals surface area contributed by atoms with E-state index in [0.717, 1.165) is 12.5 Å². The summed E-state index contributed by atoms with van der Waals surface area (Å²) in [5.74, 6) is -3.51. The molecule has 0 radical (unpaired) electrons. The summed E-state index contributed by atoms with van der Waals surface area (Å²) in [7, 11) is 0. The Kier molecular flexibility index (Phi) is 4.14. The molecule has 0 fully saturated rings. The molecule has 3 N–H and O–H groups in total. The number of fused-ring (bicyclic) bond motifs is 2. The van der Waals surface area contributed by atoms with Gasteiger partial charge < -0.3 is 20.1 Å². The molecule has 1 aromatic rings. The molecule has 136 valence electrons. The number of carbonyl (C=O) groups is 2. The molecule has 3 rings (SSSR count). The van der Waals surface area contributed by atoms with Crippen LogP contribution in [-0.2, 0) is 4.79 Å². The molecule has 6 nitrogen and oxygen atoms in total. The van der Waals surface area contributed by atoms with E-state index >= 15 is 0 Å². The van der Waals surface area contributed by atoms with Crippen LogP contribution in [0.3, 0.4) is 0 Å². The fraction of sp³-hybridized carbons (Fsp3) is 0.300. The Morgan fingerprint density at radius 3 is 2.50 bits per heavy atom. The molecule has 2 aliphatic rings. The van der Waals surface area contributed by atoms with Crippen molar-refractivity contribution in [2.75, 3.05) is 0 Å². The Balaban J connectivity index is 2.09. The van der Waals surface area contributed by atoms with Crippen LogP contribution in [-0.4, -0.2) is 32.5 Å². The van der Waals surface area contributed by atoms with Crippen LogP contribution in [0.4, 0.5) is 0 Å². The van der Waals surface area contributed by atoms with Crippen molar-refractivity contribution in [1.82, 2.24) is 0 Å². The minimum Gasteiger partial charge on any atom is -0.507 e. The average molecular weight is 356 g/mol. The molecule has 0 saturated heterocycles. The molecule has 1 atom stereocenters. The van der Waals surface area contributed by atoms with Gasteiger partial charge in [0.1, 0.15) is 17.1 Å². The Hall–Kier alpha value is -3.02. The molecule has 0 aromatic heterocycles. The molecule has 1 heterocycles. The molecule has 1 aliphatic carbocycles. The van der Waals surface area contributed by atoms with Gasteiger partial charge in [0.15, 0.2) is 11.5 Å². The van der Waals surface area contributed by atoms with Crippen molar-refractivity contribution in [1.29, 1.82) is 0 Å². The van der Waals surface area contributed by atoms with E-state index in [2.05, 4.69) is 6.08 Å². The Morgan fingerprint density at radius 1 is 1.15 bits per heavy atom. The number of aliphatic hydroxyl groups is 1. The lowest BCUT2D eigenvalue weighted by molar-refractivity contribution is -0.111. The molecular weight excluding hydrogens is 336 g/mol. The Morgan fingerprint density at radius 2 is 1.85 bits per heavy atom. The minimum absolute atomic E-state index is 0.0226. The molecule has 1 unspecified atom stereocenters. The van der Waals surface area contributed by atoms with E-state index in [4.69, 9.17) is 4.74 Å². The van der Waals surface area contributed by atoms with E-state index in [-0.39, 0.29) is 16.9 Å². The Bertz CT molecular complexity index is 915. The van der Waals surface area contributed by atoms with Crippen molar-refractivity contribution in [3.8, 4) is 17.2 Å². The average Bonchev–Trinajstić information content (AvgIpc) is 2.55. The smallest absolute Gasteiger partial charge is 0.237 e. The van der Waals surface area contributed by atoms with Crippen molar-refractivity contribution in [2.45, 2.75) is 39.2 Å². The van der Waals surface area contributed by atoms with Gasteiger partial charge in [0.05, 0.1) is 16.7 Å². The lowest BCUT2D eigenvalue weighted by Gasteiger charge is -2.33. The van der Waals surface area contributed by atoms with Gasteiger partial charge in [0.25, 0.3) is 0 Å². The third kappa shape index (κ3) is 2.77. The zero-order valence-corrected chi connectivity index (χ0v) is 14.8. The van der Waals surface area contributed by atoms with Gasteiger partial charge in [0.2, 0.25) is 11.6 Å².